The van der Waals surface area contributed by atoms with Crippen LogP contribution in [0.3, 0.4) is 0 Å². The van der Waals surface area contributed by atoms with E-state index in [1.807, 2.05) is 0 Å². The molecule has 6 rings (SSSR count). The van der Waals surface area contributed by atoms with Crippen molar-refractivity contribution in [1.29, 1.82) is 0 Å². The minimum Gasteiger partial charge on any atom is -0.262 e. The molecule has 216 valence electrons. The number of carbonyl (C=O) groups excluding carboxylic acids is 1. The summed E-state index contributed by atoms with van der Waals surface area (Å²) in [6.07, 6.45) is 0. The first-order valence-corrected chi connectivity index (χ1v) is 16.8. The predicted octanol–water partition coefficient (Wildman–Crippen LogP) is 8.47. The summed E-state index contributed by atoms with van der Waals surface area (Å²) in [4.78, 5) is 8.98. The Balaban J connectivity index is 0.000000206. The van der Waals surface area contributed by atoms with Crippen LogP contribution in [0.5, 0.6) is 0 Å². The number of hydrogen-bond acceptors (Lipinski definition) is 1. The standard InChI is InChI=1S/2C18H15P.CCl2O.Ru/c2*1-4-10-16(11-5-1)19(17-12-6-2-7-13-17)18-14-8-3-9-15-18;2-1(3)4;/h2*1-15H;;. The van der Waals surface area contributed by atoms with E-state index in [9.17, 15) is 0 Å². The number of rotatable bonds is 6. The van der Waals surface area contributed by atoms with Gasteiger partial charge in [-0.2, -0.15) is 0 Å². The van der Waals surface area contributed by atoms with Crippen molar-refractivity contribution in [3.8, 4) is 0 Å². The molecule has 0 heterocycles. The molecule has 0 radical (unpaired) electrons. The quantitative estimate of drug-likeness (QED) is 0.0958. The van der Waals surface area contributed by atoms with Gasteiger partial charge in [0.25, 0.3) is 0 Å². The summed E-state index contributed by atoms with van der Waals surface area (Å²) in [6, 6.07) is 64.7. The van der Waals surface area contributed by atoms with Crippen molar-refractivity contribution in [2.24, 2.45) is 0 Å². The van der Waals surface area contributed by atoms with Gasteiger partial charge in [-0.15, -0.1) is 0 Å². The zero-order valence-electron chi connectivity index (χ0n) is 23.2. The van der Waals surface area contributed by atoms with Gasteiger partial charge in [0.05, 0.1) is 0 Å². The molecule has 6 aromatic rings. The fraction of sp³-hybridized carbons (Fsp3) is 0. The molecule has 0 atom stereocenters. The van der Waals surface area contributed by atoms with Crippen LogP contribution >= 0.6 is 39.0 Å². The third kappa shape index (κ3) is 11.2. The van der Waals surface area contributed by atoms with Gasteiger partial charge >= 0.3 is 4.70 Å². The van der Waals surface area contributed by atoms with Gasteiger partial charge in [0.15, 0.2) is 0 Å². The molecule has 0 aromatic heterocycles. The monoisotopic (exact) mass is 724 g/mol. The van der Waals surface area contributed by atoms with Gasteiger partial charge < -0.3 is 0 Å². The molecule has 0 fully saturated rings. The van der Waals surface area contributed by atoms with Crippen LogP contribution in [0.25, 0.3) is 0 Å². The summed E-state index contributed by atoms with van der Waals surface area (Å²) >= 11 is 8.80. The van der Waals surface area contributed by atoms with Gasteiger partial charge in [-0.1, -0.05) is 182 Å². The molecule has 0 saturated heterocycles. The first kappa shape index (κ1) is 34.5. The number of halogens is 2. The van der Waals surface area contributed by atoms with Crippen LogP contribution in [0, 0.1) is 0 Å². The van der Waals surface area contributed by atoms with Crippen molar-refractivity contribution in [2.75, 3.05) is 0 Å². The van der Waals surface area contributed by atoms with Gasteiger partial charge in [-0.05, 0) is 70.9 Å². The van der Waals surface area contributed by atoms with Crippen molar-refractivity contribution in [3.63, 3.8) is 0 Å². The zero-order chi connectivity index (χ0) is 29.4. The van der Waals surface area contributed by atoms with E-state index >= 15 is 0 Å². The summed E-state index contributed by atoms with van der Waals surface area (Å²) in [5.74, 6) is 0. The molecule has 0 aliphatic rings. The van der Waals surface area contributed by atoms with Crippen LogP contribution in [0.1, 0.15) is 0 Å². The van der Waals surface area contributed by atoms with Crippen LogP contribution in [0.15, 0.2) is 182 Å². The van der Waals surface area contributed by atoms with E-state index in [2.05, 4.69) is 205 Å². The molecule has 0 saturated carbocycles. The number of hydrogen-bond donors (Lipinski definition) is 0. The Hall–Kier alpha value is -2.95. The van der Waals surface area contributed by atoms with Crippen molar-refractivity contribution in [1.82, 2.24) is 0 Å². The van der Waals surface area contributed by atoms with Crippen molar-refractivity contribution >= 4 is 75.6 Å². The third-order valence-electron chi connectivity index (χ3n) is 6.09. The van der Waals surface area contributed by atoms with Crippen molar-refractivity contribution in [3.05, 3.63) is 182 Å². The van der Waals surface area contributed by atoms with E-state index in [1.54, 1.807) is 0 Å². The minimum absolute atomic E-state index is 0. The van der Waals surface area contributed by atoms with Crippen LogP contribution in [0.4, 0.5) is 4.79 Å². The zero-order valence-corrected chi connectivity index (χ0v) is 28.3. The Labute approximate surface area is 280 Å². The SMILES string of the molecule is O=C(Cl)Cl.[Ru].c1ccc(P(c2ccccc2)c2ccccc2)cc1.c1ccc(P(c2ccccc2)c2ccccc2)cc1. The fourth-order valence-electron chi connectivity index (χ4n) is 4.36. The van der Waals surface area contributed by atoms with Crippen molar-refractivity contribution in [2.45, 2.75) is 0 Å². The predicted molar refractivity (Wildman–Crippen MR) is 187 cm³/mol. The maximum Gasteiger partial charge on any atom is 0.313 e. The van der Waals surface area contributed by atoms with Gasteiger partial charge in [-0.25, -0.2) is 0 Å². The first-order valence-electron chi connectivity index (χ1n) is 13.4. The number of benzene rings is 6. The van der Waals surface area contributed by atoms with E-state index in [0.29, 0.717) is 0 Å². The molecule has 0 spiro atoms. The maximum atomic E-state index is 8.98. The van der Waals surface area contributed by atoms with Gasteiger partial charge in [0.1, 0.15) is 0 Å². The molecule has 6 heteroatoms. The van der Waals surface area contributed by atoms with Crippen LogP contribution < -0.4 is 31.8 Å². The Kier molecular flexibility index (Phi) is 15.5. The molecule has 43 heavy (non-hydrogen) atoms. The molecule has 1 nitrogen and oxygen atoms in total. The molecular weight excluding hydrogens is 694 g/mol. The van der Waals surface area contributed by atoms with Crippen molar-refractivity contribution < 1.29 is 24.3 Å². The largest absolute Gasteiger partial charge is 0.313 e. The summed E-state index contributed by atoms with van der Waals surface area (Å²) in [5.41, 5.74) is 0. The van der Waals surface area contributed by atoms with Gasteiger partial charge in [0.2, 0.25) is 0 Å². The van der Waals surface area contributed by atoms with Crippen LogP contribution in [0.2, 0.25) is 0 Å². The van der Waals surface area contributed by atoms with Crippen LogP contribution in [-0.4, -0.2) is 4.70 Å². The Bertz CT molecular complexity index is 1280. The number of carbonyl (C=O) groups is 1. The fourth-order valence-corrected chi connectivity index (χ4v) is 8.97. The topological polar surface area (TPSA) is 17.1 Å². The molecule has 0 amide bonds. The maximum absolute atomic E-state index is 8.98. The Morgan fingerprint density at radius 3 is 0.558 bits per heavy atom. The second kappa shape index (κ2) is 19.4. The molecule has 0 unspecified atom stereocenters. The molecular formula is C37H30Cl2OP2Ru. The third-order valence-corrected chi connectivity index (χ3v) is 11.0. The second-order valence-corrected chi connectivity index (χ2v) is 14.2. The van der Waals surface area contributed by atoms with Gasteiger partial charge in [0, 0.05) is 19.5 Å². The molecule has 0 bridgehead atoms. The smallest absolute Gasteiger partial charge is 0.262 e. The first-order chi connectivity index (χ1) is 20.6. The van der Waals surface area contributed by atoms with E-state index in [0.717, 1.165) is 0 Å². The van der Waals surface area contributed by atoms with E-state index in [-0.39, 0.29) is 19.5 Å². The minimum atomic E-state index is -0.889. The average molecular weight is 725 g/mol. The molecule has 0 aliphatic heterocycles. The molecule has 0 N–H and O–H groups in total. The summed E-state index contributed by atoms with van der Waals surface area (Å²) < 4.78 is -0.889. The normalized spacial score (nSPS) is 9.95. The molecule has 6 aromatic carbocycles. The second-order valence-electron chi connectivity index (χ2n) is 8.91. The summed E-state index contributed by atoms with van der Waals surface area (Å²) in [5, 5.41) is 8.39. The van der Waals surface area contributed by atoms with E-state index < -0.39 is 20.5 Å². The Morgan fingerprint density at radius 1 is 0.326 bits per heavy atom. The average Bonchev–Trinajstić information content (AvgIpc) is 3.05. The van der Waals surface area contributed by atoms with E-state index in [1.165, 1.54) is 31.8 Å². The summed E-state index contributed by atoms with van der Waals surface area (Å²) in [6.45, 7) is 0. The van der Waals surface area contributed by atoms with E-state index in [4.69, 9.17) is 4.79 Å². The van der Waals surface area contributed by atoms with Gasteiger partial charge in [-0.3, -0.25) is 4.79 Å². The van der Waals surface area contributed by atoms with Crippen LogP contribution in [-0.2, 0) is 19.5 Å². The summed E-state index contributed by atoms with van der Waals surface area (Å²) in [7, 11) is -0.892. The molecule has 0 aliphatic carbocycles. The Morgan fingerprint density at radius 2 is 0.442 bits per heavy atom.